The normalized spacial score (nSPS) is 27.7. The van der Waals surface area contributed by atoms with Gasteiger partial charge in [0.15, 0.2) is 5.65 Å². The van der Waals surface area contributed by atoms with E-state index in [0.717, 1.165) is 24.2 Å². The number of pyridine rings is 1. The molecule has 5 nitrogen and oxygen atoms in total. The highest BCUT2D eigenvalue weighted by atomic mass is 16.4. The number of carboxylic acid groups (broad SMARTS) is 1. The van der Waals surface area contributed by atoms with Crippen molar-refractivity contribution in [2.24, 2.45) is 11.8 Å². The molecule has 2 aromatic heterocycles. The van der Waals surface area contributed by atoms with Gasteiger partial charge in [-0.1, -0.05) is 6.92 Å². The molecule has 1 fully saturated rings. The summed E-state index contributed by atoms with van der Waals surface area (Å²) in [5.74, 6) is 0.114. The predicted octanol–water partition coefficient (Wildman–Crippen LogP) is 2.17. The highest BCUT2D eigenvalue weighted by molar-refractivity contribution is 5.73. The molecule has 3 atom stereocenters. The topological polar surface area (TPSA) is 78.9 Å². The van der Waals surface area contributed by atoms with Crippen LogP contribution < -0.4 is 0 Å². The summed E-state index contributed by atoms with van der Waals surface area (Å²) in [6, 6.07) is 3.75. The number of aromatic nitrogens is 3. The molecule has 18 heavy (non-hydrogen) atoms. The lowest BCUT2D eigenvalue weighted by atomic mass is 9.96. The Labute approximate surface area is 104 Å². The maximum absolute atomic E-state index is 11.3. The number of aliphatic carboxylic acids is 1. The van der Waals surface area contributed by atoms with E-state index in [2.05, 4.69) is 21.9 Å². The van der Waals surface area contributed by atoms with Crippen LogP contribution in [0.4, 0.5) is 0 Å². The Morgan fingerprint density at radius 3 is 3.06 bits per heavy atom. The third-order valence-electron chi connectivity index (χ3n) is 3.74. The number of nitrogens with one attached hydrogen (secondary N) is 1. The number of nitrogens with zero attached hydrogens (tertiary/aromatic N) is 2. The van der Waals surface area contributed by atoms with Crippen molar-refractivity contribution in [2.45, 2.75) is 25.7 Å². The fourth-order valence-corrected chi connectivity index (χ4v) is 2.91. The van der Waals surface area contributed by atoms with Gasteiger partial charge in [0.05, 0.1) is 11.4 Å². The summed E-state index contributed by atoms with van der Waals surface area (Å²) in [6.07, 6.45) is 3.29. The lowest BCUT2D eigenvalue weighted by Gasteiger charge is -2.12. The van der Waals surface area contributed by atoms with Gasteiger partial charge in [0, 0.05) is 12.1 Å². The van der Waals surface area contributed by atoms with Crippen LogP contribution in [0.3, 0.4) is 0 Å². The summed E-state index contributed by atoms with van der Waals surface area (Å²) in [7, 11) is 0. The maximum Gasteiger partial charge on any atom is 0.307 e. The number of imidazole rings is 1. The molecule has 1 aliphatic carbocycles. The lowest BCUT2D eigenvalue weighted by Crippen LogP contribution is -2.17. The van der Waals surface area contributed by atoms with E-state index in [1.54, 1.807) is 6.20 Å². The minimum Gasteiger partial charge on any atom is -0.481 e. The zero-order chi connectivity index (χ0) is 12.7. The molecule has 94 valence electrons. The highest BCUT2D eigenvalue weighted by Crippen LogP contribution is 2.42. The molecule has 0 radical (unpaired) electrons. The minimum atomic E-state index is -0.724. The Morgan fingerprint density at radius 2 is 2.33 bits per heavy atom. The van der Waals surface area contributed by atoms with E-state index in [9.17, 15) is 9.90 Å². The quantitative estimate of drug-likeness (QED) is 0.849. The number of hydrogen-bond acceptors (Lipinski definition) is 3. The van der Waals surface area contributed by atoms with E-state index in [4.69, 9.17) is 0 Å². The molecule has 0 bridgehead atoms. The van der Waals surface area contributed by atoms with E-state index < -0.39 is 5.97 Å². The van der Waals surface area contributed by atoms with Crippen LogP contribution in [-0.4, -0.2) is 26.0 Å². The van der Waals surface area contributed by atoms with Gasteiger partial charge in [-0.05, 0) is 30.9 Å². The number of hydrogen-bond donors (Lipinski definition) is 2. The largest absolute Gasteiger partial charge is 0.481 e. The van der Waals surface area contributed by atoms with Crippen LogP contribution in [0, 0.1) is 11.8 Å². The fraction of sp³-hybridized carbons (Fsp3) is 0.462. The van der Waals surface area contributed by atoms with Gasteiger partial charge in [0.2, 0.25) is 0 Å². The second-order valence-electron chi connectivity index (χ2n) is 5.12. The smallest absolute Gasteiger partial charge is 0.307 e. The summed E-state index contributed by atoms with van der Waals surface area (Å²) < 4.78 is 0. The first-order valence-electron chi connectivity index (χ1n) is 6.18. The van der Waals surface area contributed by atoms with Crippen molar-refractivity contribution in [1.82, 2.24) is 15.0 Å². The molecule has 0 aromatic carbocycles. The van der Waals surface area contributed by atoms with E-state index in [1.807, 2.05) is 12.1 Å². The second kappa shape index (κ2) is 4.08. The molecule has 5 heteroatoms. The first-order chi connectivity index (χ1) is 8.65. The van der Waals surface area contributed by atoms with Crippen molar-refractivity contribution >= 4 is 17.1 Å². The van der Waals surface area contributed by atoms with Gasteiger partial charge >= 0.3 is 5.97 Å². The Balaban J connectivity index is 2.00. The predicted molar refractivity (Wildman–Crippen MR) is 66.2 cm³/mol. The number of aromatic amines is 1. The molecule has 0 aliphatic heterocycles. The van der Waals surface area contributed by atoms with E-state index in [-0.39, 0.29) is 11.8 Å². The molecule has 2 N–H and O–H groups in total. The van der Waals surface area contributed by atoms with E-state index >= 15 is 0 Å². The van der Waals surface area contributed by atoms with Crippen molar-refractivity contribution in [3.8, 4) is 0 Å². The molecular formula is C13H15N3O2. The average Bonchev–Trinajstić information content (AvgIpc) is 2.91. The van der Waals surface area contributed by atoms with Gasteiger partial charge in [-0.3, -0.25) is 4.79 Å². The number of carboxylic acids is 1. The highest BCUT2D eigenvalue weighted by Gasteiger charge is 2.39. The van der Waals surface area contributed by atoms with Gasteiger partial charge in [0.1, 0.15) is 5.82 Å². The van der Waals surface area contributed by atoms with Gasteiger partial charge in [0.25, 0.3) is 0 Å². The monoisotopic (exact) mass is 245 g/mol. The van der Waals surface area contributed by atoms with Crippen molar-refractivity contribution in [2.75, 3.05) is 0 Å². The van der Waals surface area contributed by atoms with Crippen molar-refractivity contribution < 1.29 is 9.90 Å². The minimum absolute atomic E-state index is 0.0216. The van der Waals surface area contributed by atoms with Crippen molar-refractivity contribution in [1.29, 1.82) is 0 Å². The van der Waals surface area contributed by atoms with E-state index in [0.29, 0.717) is 11.6 Å². The van der Waals surface area contributed by atoms with Crippen LogP contribution in [-0.2, 0) is 4.79 Å². The Kier molecular flexibility index (Phi) is 2.54. The third-order valence-corrected chi connectivity index (χ3v) is 3.74. The Bertz CT molecular complexity index is 560. The molecule has 0 spiro atoms. The number of H-pyrrole nitrogens is 1. The van der Waals surface area contributed by atoms with Crippen LogP contribution in [0.1, 0.15) is 31.5 Å². The molecule has 2 aromatic rings. The molecule has 3 rings (SSSR count). The Morgan fingerprint density at radius 1 is 1.50 bits per heavy atom. The summed E-state index contributed by atoms with van der Waals surface area (Å²) >= 11 is 0. The maximum atomic E-state index is 11.3. The van der Waals surface area contributed by atoms with Crippen LogP contribution in [0.5, 0.6) is 0 Å². The Hall–Kier alpha value is -1.91. The van der Waals surface area contributed by atoms with Gasteiger partial charge in [-0.2, -0.15) is 0 Å². The fourth-order valence-electron chi connectivity index (χ4n) is 2.91. The second-order valence-corrected chi connectivity index (χ2v) is 5.12. The van der Waals surface area contributed by atoms with Gasteiger partial charge in [-0.15, -0.1) is 0 Å². The van der Waals surface area contributed by atoms with Crippen molar-refractivity contribution in [3.05, 3.63) is 24.2 Å². The molecule has 2 heterocycles. The first kappa shape index (κ1) is 11.2. The lowest BCUT2D eigenvalue weighted by molar-refractivity contribution is -0.142. The van der Waals surface area contributed by atoms with Crippen LogP contribution in [0.2, 0.25) is 0 Å². The third kappa shape index (κ3) is 1.75. The standard InChI is InChI=1S/C13H15N3O2/c1-7-5-8(9(6-7)13(17)18)11-15-10-3-2-4-14-12(10)16-11/h2-4,7-9H,5-6H2,1H3,(H,17,18)(H,14,15,16). The molecule has 1 saturated carbocycles. The van der Waals surface area contributed by atoms with Crippen LogP contribution in [0.15, 0.2) is 18.3 Å². The number of fused-ring (bicyclic) bond motifs is 1. The number of carbonyl (C=O) groups is 1. The molecule has 1 aliphatic rings. The zero-order valence-corrected chi connectivity index (χ0v) is 10.1. The summed E-state index contributed by atoms with van der Waals surface area (Å²) in [5, 5.41) is 9.28. The summed E-state index contributed by atoms with van der Waals surface area (Å²) in [6.45, 7) is 2.09. The van der Waals surface area contributed by atoms with Gasteiger partial charge < -0.3 is 10.1 Å². The average molecular weight is 245 g/mol. The summed E-state index contributed by atoms with van der Waals surface area (Å²) in [5.41, 5.74) is 1.53. The van der Waals surface area contributed by atoms with Gasteiger partial charge in [-0.25, -0.2) is 9.97 Å². The zero-order valence-electron chi connectivity index (χ0n) is 10.1. The molecule has 0 saturated heterocycles. The molecule has 3 unspecified atom stereocenters. The SMILES string of the molecule is CC1CC(C(=O)O)C(c2nc3ncccc3[nH]2)C1. The first-order valence-corrected chi connectivity index (χ1v) is 6.18. The number of rotatable bonds is 2. The molecule has 0 amide bonds. The summed E-state index contributed by atoms with van der Waals surface area (Å²) in [4.78, 5) is 23.1. The van der Waals surface area contributed by atoms with Crippen molar-refractivity contribution in [3.63, 3.8) is 0 Å². The van der Waals surface area contributed by atoms with E-state index in [1.165, 1.54) is 0 Å². The van der Waals surface area contributed by atoms with Crippen LogP contribution in [0.25, 0.3) is 11.2 Å². The van der Waals surface area contributed by atoms with Crippen LogP contribution >= 0.6 is 0 Å². The molecular weight excluding hydrogens is 230 g/mol.